The number of nitriles is 1. The van der Waals surface area contributed by atoms with Crippen LogP contribution in [-0.4, -0.2) is 18.5 Å². The Labute approximate surface area is 168 Å². The minimum absolute atomic E-state index is 0.206. The van der Waals surface area contributed by atoms with E-state index in [1.54, 1.807) is 6.92 Å². The standard InChI is InChI=1S/C21H24N2O4S/c1-12-14(7-8-26-12)20(25)27-11-18(24)23-19-16(10-22)15-6-5-13(21(2,3)4)9-17(15)28-19/h7-8,13H,5-6,9,11H2,1-4H3,(H,23,24)/t13-/m0/s1. The van der Waals surface area contributed by atoms with E-state index < -0.39 is 18.5 Å². The Balaban J connectivity index is 1.67. The van der Waals surface area contributed by atoms with Gasteiger partial charge in [0.2, 0.25) is 0 Å². The molecule has 0 fully saturated rings. The van der Waals surface area contributed by atoms with Gasteiger partial charge in [0.15, 0.2) is 6.61 Å². The molecule has 7 heteroatoms. The third-order valence-corrected chi connectivity index (χ3v) is 6.44. The predicted molar refractivity (Wildman–Crippen MR) is 106 cm³/mol. The van der Waals surface area contributed by atoms with E-state index in [-0.39, 0.29) is 5.41 Å². The van der Waals surface area contributed by atoms with Crippen molar-refractivity contribution in [2.24, 2.45) is 11.3 Å². The number of aryl methyl sites for hydroxylation is 1. The lowest BCUT2D eigenvalue weighted by Crippen LogP contribution is -2.26. The van der Waals surface area contributed by atoms with Crippen LogP contribution in [-0.2, 0) is 22.4 Å². The molecule has 0 aliphatic heterocycles. The zero-order valence-electron chi connectivity index (χ0n) is 16.5. The summed E-state index contributed by atoms with van der Waals surface area (Å²) in [6.07, 6.45) is 4.20. The third-order valence-electron chi connectivity index (χ3n) is 5.27. The fraction of sp³-hybridized carbons (Fsp3) is 0.476. The molecule has 6 nitrogen and oxygen atoms in total. The van der Waals surface area contributed by atoms with Gasteiger partial charge in [0.25, 0.3) is 5.91 Å². The van der Waals surface area contributed by atoms with E-state index in [1.165, 1.54) is 28.5 Å². The van der Waals surface area contributed by atoms with E-state index in [4.69, 9.17) is 9.15 Å². The van der Waals surface area contributed by atoms with Crippen molar-refractivity contribution in [3.63, 3.8) is 0 Å². The van der Waals surface area contributed by atoms with Crippen molar-refractivity contribution in [2.45, 2.75) is 47.0 Å². The van der Waals surface area contributed by atoms with Crippen LogP contribution in [0.1, 0.15) is 59.3 Å². The van der Waals surface area contributed by atoms with Gasteiger partial charge < -0.3 is 14.5 Å². The highest BCUT2D eigenvalue weighted by Gasteiger charge is 2.32. The summed E-state index contributed by atoms with van der Waals surface area (Å²) < 4.78 is 10.1. The van der Waals surface area contributed by atoms with Crippen LogP contribution in [0, 0.1) is 29.6 Å². The quantitative estimate of drug-likeness (QED) is 0.765. The van der Waals surface area contributed by atoms with Crippen molar-refractivity contribution in [3.8, 4) is 6.07 Å². The van der Waals surface area contributed by atoms with E-state index in [2.05, 4.69) is 32.2 Å². The maximum Gasteiger partial charge on any atom is 0.342 e. The molecule has 1 amide bonds. The molecule has 28 heavy (non-hydrogen) atoms. The first-order valence-electron chi connectivity index (χ1n) is 9.26. The molecule has 0 bridgehead atoms. The number of ether oxygens (including phenoxy) is 1. The molecule has 1 aliphatic carbocycles. The van der Waals surface area contributed by atoms with E-state index in [0.29, 0.717) is 27.8 Å². The van der Waals surface area contributed by atoms with Crippen LogP contribution in [0.3, 0.4) is 0 Å². The topological polar surface area (TPSA) is 92.3 Å². The van der Waals surface area contributed by atoms with Gasteiger partial charge in [-0.15, -0.1) is 11.3 Å². The van der Waals surface area contributed by atoms with Gasteiger partial charge in [-0.1, -0.05) is 20.8 Å². The Morgan fingerprint density at radius 3 is 2.79 bits per heavy atom. The van der Waals surface area contributed by atoms with Crippen LogP contribution in [0.2, 0.25) is 0 Å². The van der Waals surface area contributed by atoms with Crippen molar-refractivity contribution in [1.82, 2.24) is 0 Å². The molecule has 0 saturated carbocycles. The number of thiophene rings is 1. The van der Waals surface area contributed by atoms with Crippen molar-refractivity contribution in [3.05, 3.63) is 39.7 Å². The summed E-state index contributed by atoms with van der Waals surface area (Å²) in [6.45, 7) is 7.94. The Morgan fingerprint density at radius 2 is 2.18 bits per heavy atom. The minimum atomic E-state index is -0.611. The Morgan fingerprint density at radius 1 is 1.43 bits per heavy atom. The summed E-state index contributed by atoms with van der Waals surface area (Å²) in [5.41, 5.74) is 2.09. The Hall–Kier alpha value is -2.59. The van der Waals surface area contributed by atoms with Crippen molar-refractivity contribution in [1.29, 1.82) is 5.26 Å². The summed E-state index contributed by atoms with van der Waals surface area (Å²) in [7, 11) is 0. The fourth-order valence-corrected chi connectivity index (χ4v) is 4.79. The summed E-state index contributed by atoms with van der Waals surface area (Å²) in [4.78, 5) is 25.4. The number of fused-ring (bicyclic) bond motifs is 1. The lowest BCUT2D eigenvalue weighted by molar-refractivity contribution is -0.119. The number of carbonyl (C=O) groups is 2. The maximum absolute atomic E-state index is 12.3. The summed E-state index contributed by atoms with van der Waals surface area (Å²) in [5.74, 6) is -0.0817. The molecule has 1 aliphatic rings. The lowest BCUT2D eigenvalue weighted by Gasteiger charge is -2.33. The second-order valence-electron chi connectivity index (χ2n) is 8.14. The minimum Gasteiger partial charge on any atom is -0.469 e. The molecule has 0 unspecified atom stereocenters. The zero-order valence-corrected chi connectivity index (χ0v) is 17.4. The number of nitrogens with zero attached hydrogens (tertiary/aromatic N) is 1. The highest BCUT2D eigenvalue weighted by molar-refractivity contribution is 7.16. The van der Waals surface area contributed by atoms with Gasteiger partial charge >= 0.3 is 5.97 Å². The van der Waals surface area contributed by atoms with E-state index in [9.17, 15) is 14.9 Å². The first-order chi connectivity index (χ1) is 13.2. The third kappa shape index (κ3) is 4.12. The van der Waals surface area contributed by atoms with Gasteiger partial charge in [-0.3, -0.25) is 4.79 Å². The zero-order chi connectivity index (χ0) is 20.5. The Kier molecular flexibility index (Phi) is 5.61. The average molecular weight is 401 g/mol. The number of hydrogen-bond acceptors (Lipinski definition) is 6. The van der Waals surface area contributed by atoms with Crippen LogP contribution in [0.5, 0.6) is 0 Å². The normalized spacial score (nSPS) is 16.2. The molecular formula is C21H24N2O4S. The molecule has 0 aromatic carbocycles. The monoisotopic (exact) mass is 400 g/mol. The molecule has 0 radical (unpaired) electrons. The van der Waals surface area contributed by atoms with Crippen LogP contribution in [0.25, 0.3) is 0 Å². The number of esters is 1. The molecule has 0 saturated heterocycles. The average Bonchev–Trinajstić information content (AvgIpc) is 3.20. The molecule has 148 valence electrons. The van der Waals surface area contributed by atoms with Crippen LogP contribution < -0.4 is 5.32 Å². The number of nitrogens with one attached hydrogen (secondary N) is 1. The second kappa shape index (κ2) is 7.80. The maximum atomic E-state index is 12.3. The number of anilines is 1. The number of carbonyl (C=O) groups excluding carboxylic acids is 2. The van der Waals surface area contributed by atoms with Crippen molar-refractivity contribution in [2.75, 3.05) is 11.9 Å². The summed E-state index contributed by atoms with van der Waals surface area (Å²) in [5, 5.41) is 12.9. The van der Waals surface area contributed by atoms with Crippen molar-refractivity contribution < 1.29 is 18.7 Å². The highest BCUT2D eigenvalue weighted by Crippen LogP contribution is 2.43. The first-order valence-corrected chi connectivity index (χ1v) is 10.1. The van der Waals surface area contributed by atoms with E-state index >= 15 is 0 Å². The highest BCUT2D eigenvalue weighted by atomic mass is 32.1. The van der Waals surface area contributed by atoms with Crippen molar-refractivity contribution >= 4 is 28.2 Å². The van der Waals surface area contributed by atoms with Gasteiger partial charge in [-0.2, -0.15) is 5.26 Å². The Bertz CT molecular complexity index is 943. The van der Waals surface area contributed by atoms with Gasteiger partial charge in [-0.25, -0.2) is 4.79 Å². The predicted octanol–water partition coefficient (Wildman–Crippen LogP) is 4.47. The SMILES string of the molecule is Cc1occc1C(=O)OCC(=O)Nc1sc2c(c1C#N)CC[C@H](C(C)(C)C)C2. The molecule has 0 spiro atoms. The van der Waals surface area contributed by atoms with Gasteiger partial charge in [0.1, 0.15) is 22.4 Å². The van der Waals surface area contributed by atoms with Crippen LogP contribution in [0.4, 0.5) is 5.00 Å². The molecule has 2 aromatic heterocycles. The van der Waals surface area contributed by atoms with Gasteiger partial charge in [0.05, 0.1) is 11.8 Å². The number of amides is 1. The molecule has 2 aromatic rings. The number of rotatable bonds is 4. The fourth-order valence-electron chi connectivity index (χ4n) is 3.50. The molecule has 2 heterocycles. The second-order valence-corrected chi connectivity index (χ2v) is 9.25. The molecule has 3 rings (SSSR count). The van der Waals surface area contributed by atoms with E-state index in [0.717, 1.165) is 24.8 Å². The molecule has 1 atom stereocenters. The van der Waals surface area contributed by atoms with Crippen LogP contribution in [0.15, 0.2) is 16.7 Å². The summed E-state index contributed by atoms with van der Waals surface area (Å²) >= 11 is 1.46. The molecular weight excluding hydrogens is 376 g/mol. The van der Waals surface area contributed by atoms with Crippen LogP contribution >= 0.6 is 11.3 Å². The summed E-state index contributed by atoms with van der Waals surface area (Å²) in [6, 6.07) is 3.74. The van der Waals surface area contributed by atoms with E-state index in [1.807, 2.05) is 0 Å². The van der Waals surface area contributed by atoms with Gasteiger partial charge in [0, 0.05) is 4.88 Å². The molecule has 1 N–H and O–H groups in total. The number of furan rings is 1. The smallest absolute Gasteiger partial charge is 0.342 e. The first kappa shape index (κ1) is 20.2. The number of hydrogen-bond donors (Lipinski definition) is 1. The largest absolute Gasteiger partial charge is 0.469 e. The lowest BCUT2D eigenvalue weighted by atomic mass is 9.72. The van der Waals surface area contributed by atoms with Gasteiger partial charge in [-0.05, 0) is 49.1 Å².